The van der Waals surface area contributed by atoms with Gasteiger partial charge in [-0.2, -0.15) is 0 Å². The summed E-state index contributed by atoms with van der Waals surface area (Å²) in [6.45, 7) is 19.2. The zero-order valence-corrected chi connectivity index (χ0v) is 16.6. The fourth-order valence-corrected chi connectivity index (χ4v) is 4.19. The first-order valence-corrected chi connectivity index (χ1v) is 9.64. The van der Waals surface area contributed by atoms with Crippen LogP contribution in [0.1, 0.15) is 47.5 Å². The molecule has 5 unspecified atom stereocenters. The lowest BCUT2D eigenvalue weighted by Gasteiger charge is -2.22. The average Bonchev–Trinajstić information content (AvgIpc) is 3.02. The van der Waals surface area contributed by atoms with E-state index in [9.17, 15) is 0 Å². The summed E-state index contributed by atoms with van der Waals surface area (Å²) in [7, 11) is 0. The molecule has 2 aliphatic rings. The molecule has 1 nitrogen and oxygen atoms in total. The molecule has 1 fully saturated rings. The number of ether oxygens (including phenoxy) is 1. The highest BCUT2D eigenvalue weighted by Gasteiger charge is 2.43. The molecule has 0 aromatic carbocycles. The summed E-state index contributed by atoms with van der Waals surface area (Å²) in [4.78, 5) is 0. The van der Waals surface area contributed by atoms with Crippen molar-refractivity contribution in [3.63, 3.8) is 0 Å². The van der Waals surface area contributed by atoms with Crippen LogP contribution in [0.2, 0.25) is 0 Å². The van der Waals surface area contributed by atoms with Gasteiger partial charge in [-0.3, -0.25) is 0 Å². The summed E-state index contributed by atoms with van der Waals surface area (Å²) >= 11 is 0. The Morgan fingerprint density at radius 2 is 1.92 bits per heavy atom. The third kappa shape index (κ3) is 3.82. The predicted octanol–water partition coefficient (Wildman–Crippen LogP) is 6.57. The first-order valence-electron chi connectivity index (χ1n) is 9.64. The van der Waals surface area contributed by atoms with Gasteiger partial charge in [-0.15, -0.1) is 0 Å². The second-order valence-corrected chi connectivity index (χ2v) is 7.39. The number of rotatable bonds is 6. The highest BCUT2D eigenvalue weighted by molar-refractivity contribution is 5.48. The number of fused-ring (bicyclic) bond motifs is 1. The molecule has 136 valence electrons. The van der Waals surface area contributed by atoms with Crippen LogP contribution in [0.15, 0.2) is 71.9 Å². The molecule has 5 atom stereocenters. The largest absolute Gasteiger partial charge is 0.369 e. The first kappa shape index (κ1) is 19.7. The maximum Gasteiger partial charge on any atom is 0.0900 e. The van der Waals surface area contributed by atoms with Gasteiger partial charge in [0.15, 0.2) is 0 Å². The van der Waals surface area contributed by atoms with Gasteiger partial charge in [0.1, 0.15) is 0 Å². The van der Waals surface area contributed by atoms with Crippen LogP contribution >= 0.6 is 0 Å². The molecule has 1 aliphatic heterocycles. The quantitative estimate of drug-likeness (QED) is 0.497. The first-order chi connectivity index (χ1) is 12.0. The van der Waals surface area contributed by atoms with Gasteiger partial charge < -0.3 is 4.74 Å². The minimum atomic E-state index is 0.104. The van der Waals surface area contributed by atoms with Gasteiger partial charge in [-0.25, -0.2) is 0 Å². The molecule has 0 amide bonds. The van der Waals surface area contributed by atoms with E-state index in [1.54, 1.807) is 0 Å². The molecular weight excluding hydrogens is 304 g/mol. The van der Waals surface area contributed by atoms with Crippen LogP contribution in [0, 0.1) is 17.8 Å². The Kier molecular flexibility index (Phi) is 6.84. The van der Waals surface area contributed by atoms with E-state index in [4.69, 9.17) is 4.74 Å². The van der Waals surface area contributed by atoms with Gasteiger partial charge in [-0.05, 0) is 42.9 Å². The Morgan fingerprint density at radius 1 is 1.20 bits per heavy atom. The summed E-state index contributed by atoms with van der Waals surface area (Å²) < 4.78 is 6.63. The molecule has 2 rings (SSSR count). The third-order valence-corrected chi connectivity index (χ3v) is 6.04. The molecule has 0 bridgehead atoms. The van der Waals surface area contributed by atoms with Crippen LogP contribution in [0.25, 0.3) is 0 Å². The monoisotopic (exact) mass is 338 g/mol. The van der Waals surface area contributed by atoms with Gasteiger partial charge in [0.2, 0.25) is 0 Å². The molecule has 0 N–H and O–H groups in total. The lowest BCUT2D eigenvalue weighted by Crippen LogP contribution is -2.21. The zero-order valence-electron chi connectivity index (χ0n) is 16.6. The van der Waals surface area contributed by atoms with Crippen LogP contribution < -0.4 is 0 Å². The van der Waals surface area contributed by atoms with Gasteiger partial charge in [0, 0.05) is 11.8 Å². The van der Waals surface area contributed by atoms with Crippen LogP contribution in [0.4, 0.5) is 0 Å². The standard InChI is InChI=1S/C24H34O/c1-8-12-14-21-18(7)17(6)20(13-9-2)19(11-4)24-22(21)15-23(25-24)16(5)10-3/h8-9,11-14,16-17,22-24H,1,4,10,15H2,2-3,5-7H3/b13-9-,14-12-. The maximum atomic E-state index is 6.63. The molecule has 0 saturated carbocycles. The Hall–Kier alpha value is -1.60. The highest BCUT2D eigenvalue weighted by atomic mass is 16.5. The van der Waals surface area contributed by atoms with Crippen LogP contribution in [0.3, 0.4) is 0 Å². The molecule has 1 saturated heterocycles. The average molecular weight is 339 g/mol. The fourth-order valence-electron chi connectivity index (χ4n) is 4.19. The van der Waals surface area contributed by atoms with E-state index < -0.39 is 0 Å². The fraction of sp³-hybridized carbons (Fsp3) is 0.500. The molecule has 1 aliphatic carbocycles. The molecule has 1 heterocycles. The normalized spacial score (nSPS) is 31.6. The summed E-state index contributed by atoms with van der Waals surface area (Å²) in [6, 6.07) is 0. The highest BCUT2D eigenvalue weighted by Crippen LogP contribution is 2.46. The lowest BCUT2D eigenvalue weighted by atomic mass is 9.83. The van der Waals surface area contributed by atoms with E-state index in [0.717, 1.165) is 12.8 Å². The number of hydrogen-bond acceptors (Lipinski definition) is 1. The van der Waals surface area contributed by atoms with Crippen LogP contribution in [-0.2, 0) is 4.74 Å². The van der Waals surface area contributed by atoms with E-state index in [-0.39, 0.29) is 6.10 Å². The summed E-state index contributed by atoms with van der Waals surface area (Å²) in [5.74, 6) is 1.34. The van der Waals surface area contributed by atoms with Crippen molar-refractivity contribution in [2.75, 3.05) is 0 Å². The molecule has 0 aromatic rings. The zero-order chi connectivity index (χ0) is 18.6. The van der Waals surface area contributed by atoms with E-state index >= 15 is 0 Å². The van der Waals surface area contributed by atoms with Crippen molar-refractivity contribution in [2.45, 2.75) is 59.7 Å². The smallest absolute Gasteiger partial charge is 0.0900 e. The van der Waals surface area contributed by atoms with Crippen LogP contribution in [-0.4, -0.2) is 12.2 Å². The van der Waals surface area contributed by atoms with E-state index in [2.05, 4.69) is 72.1 Å². The second-order valence-electron chi connectivity index (χ2n) is 7.39. The van der Waals surface area contributed by atoms with Crippen molar-refractivity contribution in [1.29, 1.82) is 0 Å². The van der Waals surface area contributed by atoms with Crippen molar-refractivity contribution in [3.8, 4) is 0 Å². The van der Waals surface area contributed by atoms with E-state index in [1.807, 2.05) is 12.2 Å². The van der Waals surface area contributed by atoms with Crippen molar-refractivity contribution in [2.24, 2.45) is 17.8 Å². The van der Waals surface area contributed by atoms with Gasteiger partial charge in [0.05, 0.1) is 12.2 Å². The van der Waals surface area contributed by atoms with Crippen molar-refractivity contribution in [1.82, 2.24) is 0 Å². The predicted molar refractivity (Wildman–Crippen MR) is 109 cm³/mol. The lowest BCUT2D eigenvalue weighted by molar-refractivity contribution is 0.0282. The molecular formula is C24H34O. The van der Waals surface area contributed by atoms with Crippen molar-refractivity contribution >= 4 is 0 Å². The SMILES string of the molecule is C=C/C=C\C1=C(C)C(C)C(/C=C\C)=C(C=C)C2OC(C(C)CC)CC12. The van der Waals surface area contributed by atoms with E-state index in [0.29, 0.717) is 23.9 Å². The number of hydrogen-bond donors (Lipinski definition) is 0. The summed E-state index contributed by atoms with van der Waals surface area (Å²) in [6.07, 6.45) is 15.2. The topological polar surface area (TPSA) is 9.23 Å². The maximum absolute atomic E-state index is 6.63. The second kappa shape index (κ2) is 8.67. The minimum absolute atomic E-state index is 0.104. The van der Waals surface area contributed by atoms with Crippen LogP contribution in [0.5, 0.6) is 0 Å². The molecule has 0 radical (unpaired) electrons. The molecule has 0 spiro atoms. The van der Waals surface area contributed by atoms with Gasteiger partial charge >= 0.3 is 0 Å². The van der Waals surface area contributed by atoms with Gasteiger partial charge in [-0.1, -0.05) is 82.4 Å². The Bertz CT molecular complexity index is 628. The number of allylic oxidation sites excluding steroid dienone is 7. The molecule has 25 heavy (non-hydrogen) atoms. The van der Waals surface area contributed by atoms with Gasteiger partial charge in [0.25, 0.3) is 0 Å². The molecule has 1 heteroatoms. The summed E-state index contributed by atoms with van der Waals surface area (Å²) in [5.41, 5.74) is 5.47. The molecule has 0 aromatic heterocycles. The third-order valence-electron chi connectivity index (χ3n) is 6.04. The van der Waals surface area contributed by atoms with E-state index in [1.165, 1.54) is 22.3 Å². The Morgan fingerprint density at radius 3 is 2.48 bits per heavy atom. The Labute approximate surface area is 154 Å². The summed E-state index contributed by atoms with van der Waals surface area (Å²) in [5, 5.41) is 0. The van der Waals surface area contributed by atoms with Crippen molar-refractivity contribution < 1.29 is 4.74 Å². The van der Waals surface area contributed by atoms with Crippen molar-refractivity contribution in [3.05, 3.63) is 71.9 Å². The Balaban J connectivity index is 2.61. The minimum Gasteiger partial charge on any atom is -0.369 e.